The Morgan fingerprint density at radius 1 is 1.32 bits per heavy atom. The highest BCUT2D eigenvalue weighted by Crippen LogP contribution is 2.24. The maximum atomic E-state index is 10.5. The molecule has 0 saturated carbocycles. The molecule has 1 saturated heterocycles. The van der Waals surface area contributed by atoms with Gasteiger partial charge in [-0.1, -0.05) is 28.9 Å². The first-order valence-electron chi connectivity index (χ1n) is 8.51. The van der Waals surface area contributed by atoms with Crippen molar-refractivity contribution in [2.45, 2.75) is 25.8 Å². The third-order valence-corrected chi connectivity index (χ3v) is 4.87. The van der Waals surface area contributed by atoms with E-state index in [1.165, 1.54) is 0 Å². The number of carbonyl (C=O) groups is 1. The lowest BCUT2D eigenvalue weighted by atomic mass is 9.93. The van der Waals surface area contributed by atoms with Crippen LogP contribution < -0.4 is 5.32 Å². The normalized spacial score (nSPS) is 16.0. The van der Waals surface area contributed by atoms with Crippen LogP contribution in [-0.2, 0) is 6.54 Å². The second-order valence-electron chi connectivity index (χ2n) is 6.43. The third-order valence-electron chi connectivity index (χ3n) is 4.61. The van der Waals surface area contributed by atoms with E-state index in [-0.39, 0.29) is 0 Å². The molecule has 0 radical (unpaired) electrons. The summed E-state index contributed by atoms with van der Waals surface area (Å²) in [5.41, 5.74) is 1.81. The number of aromatic nitrogens is 1. The first-order chi connectivity index (χ1) is 12.1. The van der Waals surface area contributed by atoms with E-state index in [0.717, 1.165) is 55.9 Å². The number of likely N-dealkylation sites (tertiary alicyclic amines) is 1. The van der Waals surface area contributed by atoms with Crippen LogP contribution in [0.5, 0.6) is 0 Å². The van der Waals surface area contributed by atoms with Crippen LogP contribution in [-0.4, -0.2) is 40.9 Å². The van der Waals surface area contributed by atoms with Crippen molar-refractivity contribution in [2.75, 3.05) is 19.6 Å². The van der Waals surface area contributed by atoms with E-state index < -0.39 is 6.09 Å². The summed E-state index contributed by atoms with van der Waals surface area (Å²) in [6.07, 6.45) is 2.13. The Morgan fingerprint density at radius 2 is 2.04 bits per heavy atom. The molecule has 2 N–H and O–H groups in total. The van der Waals surface area contributed by atoms with E-state index in [9.17, 15) is 4.79 Å². The zero-order valence-corrected chi connectivity index (χ0v) is 14.7. The molecule has 1 amide bonds. The van der Waals surface area contributed by atoms with E-state index in [2.05, 4.69) is 15.4 Å². The first-order valence-corrected chi connectivity index (χ1v) is 8.88. The predicted molar refractivity (Wildman–Crippen MR) is 95.6 cm³/mol. The summed E-state index contributed by atoms with van der Waals surface area (Å²) in [4.78, 5) is 12.8. The number of hydrogen-bond acceptors (Lipinski definition) is 4. The van der Waals surface area contributed by atoms with Gasteiger partial charge in [0.2, 0.25) is 0 Å². The van der Waals surface area contributed by atoms with E-state index in [0.29, 0.717) is 17.5 Å². The summed E-state index contributed by atoms with van der Waals surface area (Å²) < 4.78 is 5.47. The van der Waals surface area contributed by atoms with Crippen LogP contribution in [0.1, 0.15) is 25.0 Å². The fourth-order valence-corrected chi connectivity index (χ4v) is 3.31. The maximum absolute atomic E-state index is 10.5. The molecule has 25 heavy (non-hydrogen) atoms. The molecule has 6 nitrogen and oxygen atoms in total. The predicted octanol–water partition coefficient (Wildman–Crippen LogP) is 3.86. The van der Waals surface area contributed by atoms with Gasteiger partial charge in [0.25, 0.3) is 0 Å². The van der Waals surface area contributed by atoms with Gasteiger partial charge in [-0.3, -0.25) is 4.90 Å². The second kappa shape index (κ2) is 8.36. The van der Waals surface area contributed by atoms with Crippen LogP contribution in [0.4, 0.5) is 4.79 Å². The molecule has 134 valence electrons. The van der Waals surface area contributed by atoms with Gasteiger partial charge in [-0.05, 0) is 50.4 Å². The Labute approximate surface area is 151 Å². The summed E-state index contributed by atoms with van der Waals surface area (Å²) in [5.74, 6) is 1.44. The van der Waals surface area contributed by atoms with Gasteiger partial charge >= 0.3 is 6.09 Å². The molecule has 2 aromatic rings. The lowest BCUT2D eigenvalue weighted by Crippen LogP contribution is -2.34. The van der Waals surface area contributed by atoms with E-state index in [4.69, 9.17) is 21.2 Å². The van der Waals surface area contributed by atoms with Crippen LogP contribution in [0, 0.1) is 5.92 Å². The van der Waals surface area contributed by atoms with Gasteiger partial charge in [0.05, 0.1) is 6.54 Å². The lowest BCUT2D eigenvalue weighted by Gasteiger charge is -2.31. The molecule has 1 aliphatic rings. The Morgan fingerprint density at radius 3 is 2.72 bits per heavy atom. The van der Waals surface area contributed by atoms with Crippen molar-refractivity contribution in [3.63, 3.8) is 0 Å². The van der Waals surface area contributed by atoms with Crippen molar-refractivity contribution < 1.29 is 14.4 Å². The summed E-state index contributed by atoms with van der Waals surface area (Å²) in [5, 5.41) is 15.9. The Kier molecular flexibility index (Phi) is 5.94. The number of benzene rings is 1. The van der Waals surface area contributed by atoms with Crippen molar-refractivity contribution in [3.8, 4) is 11.3 Å². The number of nitrogens with zero attached hydrogens (tertiary/aromatic N) is 2. The van der Waals surface area contributed by atoms with E-state index >= 15 is 0 Å². The number of rotatable bonds is 6. The Balaban J connectivity index is 1.46. The summed E-state index contributed by atoms with van der Waals surface area (Å²) >= 11 is 5.91. The fourth-order valence-electron chi connectivity index (χ4n) is 3.18. The highest BCUT2D eigenvalue weighted by molar-refractivity contribution is 6.30. The van der Waals surface area contributed by atoms with Crippen molar-refractivity contribution in [2.24, 2.45) is 5.92 Å². The minimum absolute atomic E-state index is 0.534. The molecule has 1 aromatic carbocycles. The molecule has 0 aliphatic carbocycles. The topological polar surface area (TPSA) is 78.6 Å². The summed E-state index contributed by atoms with van der Waals surface area (Å²) in [7, 11) is 0. The molecular weight excluding hydrogens is 342 g/mol. The molecule has 7 heteroatoms. The smallest absolute Gasteiger partial charge is 0.404 e. The number of piperidine rings is 1. The largest absolute Gasteiger partial charge is 0.465 e. The average Bonchev–Trinajstić information content (AvgIpc) is 3.05. The third kappa shape index (κ3) is 5.21. The zero-order chi connectivity index (χ0) is 17.6. The van der Waals surface area contributed by atoms with Crippen LogP contribution >= 0.6 is 11.6 Å². The van der Waals surface area contributed by atoms with Gasteiger partial charge in [0.1, 0.15) is 5.69 Å². The van der Waals surface area contributed by atoms with Crippen LogP contribution in [0.3, 0.4) is 0 Å². The summed E-state index contributed by atoms with van der Waals surface area (Å²) in [6.45, 7) is 3.27. The van der Waals surface area contributed by atoms with Gasteiger partial charge in [0, 0.05) is 23.2 Å². The number of hydrogen-bond donors (Lipinski definition) is 2. The van der Waals surface area contributed by atoms with Crippen molar-refractivity contribution in [1.29, 1.82) is 0 Å². The number of amides is 1. The molecule has 0 spiro atoms. The van der Waals surface area contributed by atoms with Gasteiger partial charge in [-0.15, -0.1) is 0 Å². The molecule has 1 fully saturated rings. The van der Waals surface area contributed by atoms with Crippen LogP contribution in [0.15, 0.2) is 34.9 Å². The molecule has 0 bridgehead atoms. The van der Waals surface area contributed by atoms with E-state index in [1.807, 2.05) is 30.3 Å². The molecule has 0 unspecified atom stereocenters. The number of carboxylic acid groups (broad SMARTS) is 1. The quantitative estimate of drug-likeness (QED) is 0.814. The van der Waals surface area contributed by atoms with Crippen LogP contribution in [0.25, 0.3) is 11.3 Å². The maximum Gasteiger partial charge on any atom is 0.404 e. The molecule has 2 heterocycles. The first kappa shape index (κ1) is 17.8. The minimum atomic E-state index is -0.945. The second-order valence-corrected chi connectivity index (χ2v) is 6.86. The summed E-state index contributed by atoms with van der Waals surface area (Å²) in [6, 6.07) is 9.53. The van der Waals surface area contributed by atoms with E-state index in [1.54, 1.807) is 0 Å². The van der Waals surface area contributed by atoms with Crippen LogP contribution in [0.2, 0.25) is 5.02 Å². The highest BCUT2D eigenvalue weighted by Gasteiger charge is 2.20. The standard InChI is InChI=1S/C18H22ClN3O3/c19-15-3-1-14(2-4-15)17-11-16(25-21-17)12-22-9-6-13(7-10-22)5-8-20-18(23)24/h1-4,11,13,20H,5-10,12H2,(H,23,24). The SMILES string of the molecule is O=C(O)NCCC1CCN(Cc2cc(-c3ccc(Cl)cc3)no2)CC1. The van der Waals surface area contributed by atoms with Gasteiger partial charge < -0.3 is 14.9 Å². The number of halogens is 1. The van der Waals surface area contributed by atoms with Crippen molar-refractivity contribution in [3.05, 3.63) is 41.1 Å². The molecule has 3 rings (SSSR count). The average molecular weight is 364 g/mol. The van der Waals surface area contributed by atoms with Crippen molar-refractivity contribution in [1.82, 2.24) is 15.4 Å². The minimum Gasteiger partial charge on any atom is -0.465 e. The van der Waals surface area contributed by atoms with Crippen molar-refractivity contribution >= 4 is 17.7 Å². The Hall–Kier alpha value is -2.05. The molecule has 1 aromatic heterocycles. The molecule has 1 aliphatic heterocycles. The zero-order valence-electron chi connectivity index (χ0n) is 13.9. The lowest BCUT2D eigenvalue weighted by molar-refractivity contribution is 0.156. The fraction of sp³-hybridized carbons (Fsp3) is 0.444. The highest BCUT2D eigenvalue weighted by atomic mass is 35.5. The Bertz CT molecular complexity index is 694. The van der Waals surface area contributed by atoms with Gasteiger partial charge in [-0.25, -0.2) is 4.79 Å². The molecular formula is C18H22ClN3O3. The van der Waals surface area contributed by atoms with Gasteiger partial charge in [0.15, 0.2) is 5.76 Å². The monoisotopic (exact) mass is 363 g/mol. The van der Waals surface area contributed by atoms with Gasteiger partial charge in [-0.2, -0.15) is 0 Å². The number of nitrogens with one attached hydrogen (secondary N) is 1. The molecule has 0 atom stereocenters.